The molecule has 0 unspecified atom stereocenters. The highest BCUT2D eigenvalue weighted by atomic mass is 14.7. The summed E-state index contributed by atoms with van der Waals surface area (Å²) in [4.78, 5) is 5.09. The van der Waals surface area contributed by atoms with Crippen molar-refractivity contribution in [1.29, 1.82) is 0 Å². The zero-order valence-corrected chi connectivity index (χ0v) is 23.1. The molecule has 5 aromatic rings. The van der Waals surface area contributed by atoms with Crippen LogP contribution in [0, 0.1) is 0 Å². The van der Waals surface area contributed by atoms with Gasteiger partial charge in [-0.25, -0.2) is 4.98 Å². The molecule has 0 atom stereocenters. The Kier molecular flexibility index (Phi) is 6.37. The lowest BCUT2D eigenvalue weighted by molar-refractivity contribution is 0.660. The number of fused-ring (bicyclic) bond motifs is 3. The SMILES string of the molecule is C/C=C\C(=C/C)c1cc(-c2ccccc2)cc(-c2ccc(-c3ccc4c(c3)-c3ccccc3C4(C)C)cc2)n1. The summed E-state index contributed by atoms with van der Waals surface area (Å²) in [5, 5.41) is 0. The third-order valence-electron chi connectivity index (χ3n) is 7.98. The number of pyridine rings is 1. The number of rotatable bonds is 5. The lowest BCUT2D eigenvalue weighted by Crippen LogP contribution is -2.14. The Bertz CT molecular complexity index is 1720. The molecule has 1 heterocycles. The smallest absolute Gasteiger partial charge is 0.0715 e. The van der Waals surface area contributed by atoms with Crippen LogP contribution >= 0.6 is 0 Å². The normalized spacial score (nSPS) is 13.9. The third kappa shape index (κ3) is 4.45. The number of hydrogen-bond acceptors (Lipinski definition) is 1. The van der Waals surface area contributed by atoms with Crippen LogP contribution in [0.3, 0.4) is 0 Å². The predicted molar refractivity (Wildman–Crippen MR) is 167 cm³/mol. The molecule has 1 nitrogen and oxygen atoms in total. The molecule has 4 aromatic carbocycles. The zero-order chi connectivity index (χ0) is 27.0. The van der Waals surface area contributed by atoms with E-state index in [9.17, 15) is 0 Å². The topological polar surface area (TPSA) is 12.9 Å². The van der Waals surface area contributed by atoms with Gasteiger partial charge in [-0.1, -0.05) is 123 Å². The van der Waals surface area contributed by atoms with E-state index in [0.29, 0.717) is 0 Å². The first-order valence-electron chi connectivity index (χ1n) is 13.7. The quantitative estimate of drug-likeness (QED) is 0.217. The molecular formula is C38H33N. The molecule has 1 aliphatic rings. The Morgan fingerprint density at radius 2 is 1.23 bits per heavy atom. The van der Waals surface area contributed by atoms with Crippen LogP contribution in [-0.2, 0) is 5.41 Å². The number of hydrogen-bond donors (Lipinski definition) is 0. The van der Waals surface area contributed by atoms with Gasteiger partial charge in [0.15, 0.2) is 0 Å². The van der Waals surface area contributed by atoms with Gasteiger partial charge in [0.2, 0.25) is 0 Å². The molecule has 190 valence electrons. The third-order valence-corrected chi connectivity index (χ3v) is 7.98. The van der Waals surface area contributed by atoms with E-state index in [2.05, 4.69) is 148 Å². The molecule has 0 saturated heterocycles. The summed E-state index contributed by atoms with van der Waals surface area (Å²) < 4.78 is 0. The highest BCUT2D eigenvalue weighted by molar-refractivity contribution is 5.85. The van der Waals surface area contributed by atoms with Crippen LogP contribution < -0.4 is 0 Å². The summed E-state index contributed by atoms with van der Waals surface area (Å²) in [6.07, 6.45) is 6.31. The zero-order valence-electron chi connectivity index (χ0n) is 23.1. The maximum absolute atomic E-state index is 5.09. The first-order valence-corrected chi connectivity index (χ1v) is 13.7. The van der Waals surface area contributed by atoms with Gasteiger partial charge < -0.3 is 0 Å². The Morgan fingerprint density at radius 3 is 1.97 bits per heavy atom. The molecule has 1 heteroatoms. The molecule has 1 aliphatic carbocycles. The van der Waals surface area contributed by atoms with Crippen LogP contribution in [0.15, 0.2) is 127 Å². The molecular weight excluding hydrogens is 470 g/mol. The lowest BCUT2D eigenvalue weighted by Gasteiger charge is -2.21. The van der Waals surface area contributed by atoms with Crippen molar-refractivity contribution in [3.8, 4) is 44.6 Å². The molecule has 1 aromatic heterocycles. The average Bonchev–Trinajstić information content (AvgIpc) is 3.22. The maximum Gasteiger partial charge on any atom is 0.0715 e. The van der Waals surface area contributed by atoms with E-state index in [0.717, 1.165) is 22.5 Å². The maximum atomic E-state index is 5.09. The van der Waals surface area contributed by atoms with Gasteiger partial charge in [0.25, 0.3) is 0 Å². The Morgan fingerprint density at radius 1 is 0.590 bits per heavy atom. The minimum Gasteiger partial charge on any atom is -0.248 e. The number of benzene rings is 4. The second-order valence-corrected chi connectivity index (χ2v) is 10.7. The van der Waals surface area contributed by atoms with Crippen molar-refractivity contribution in [2.75, 3.05) is 0 Å². The highest BCUT2D eigenvalue weighted by Crippen LogP contribution is 2.49. The van der Waals surface area contributed by atoms with Crippen LogP contribution in [0.5, 0.6) is 0 Å². The van der Waals surface area contributed by atoms with Crippen molar-refractivity contribution in [2.24, 2.45) is 0 Å². The molecule has 0 saturated carbocycles. The molecule has 0 aliphatic heterocycles. The van der Waals surface area contributed by atoms with Crippen molar-refractivity contribution >= 4 is 5.57 Å². The minimum atomic E-state index is 0.0280. The summed E-state index contributed by atoms with van der Waals surface area (Å²) in [5.41, 5.74) is 14.5. The second-order valence-electron chi connectivity index (χ2n) is 10.7. The number of allylic oxidation sites excluding steroid dienone is 4. The monoisotopic (exact) mass is 503 g/mol. The van der Waals surface area contributed by atoms with Crippen molar-refractivity contribution in [3.63, 3.8) is 0 Å². The molecule has 0 spiro atoms. The minimum absolute atomic E-state index is 0.0280. The van der Waals surface area contributed by atoms with Gasteiger partial charge in [-0.3, -0.25) is 0 Å². The van der Waals surface area contributed by atoms with Crippen LogP contribution in [0.25, 0.3) is 50.2 Å². The van der Waals surface area contributed by atoms with Gasteiger partial charge >= 0.3 is 0 Å². The molecule has 0 N–H and O–H groups in total. The summed E-state index contributed by atoms with van der Waals surface area (Å²) in [6.45, 7) is 8.76. The van der Waals surface area contributed by atoms with Gasteiger partial charge in [0, 0.05) is 11.0 Å². The van der Waals surface area contributed by atoms with E-state index >= 15 is 0 Å². The predicted octanol–water partition coefficient (Wildman–Crippen LogP) is 10.4. The molecule has 39 heavy (non-hydrogen) atoms. The molecule has 6 rings (SSSR count). The second kappa shape index (κ2) is 10.0. The largest absolute Gasteiger partial charge is 0.248 e. The van der Waals surface area contributed by atoms with Crippen molar-refractivity contribution in [1.82, 2.24) is 4.98 Å². The van der Waals surface area contributed by atoms with Crippen LogP contribution in [-0.4, -0.2) is 4.98 Å². The van der Waals surface area contributed by atoms with Crippen LogP contribution in [0.1, 0.15) is 44.5 Å². The van der Waals surface area contributed by atoms with Crippen LogP contribution in [0.4, 0.5) is 0 Å². The van der Waals surface area contributed by atoms with E-state index in [1.54, 1.807) is 0 Å². The van der Waals surface area contributed by atoms with E-state index in [1.807, 2.05) is 6.92 Å². The average molecular weight is 504 g/mol. The first-order chi connectivity index (χ1) is 19.0. The Labute approximate surface area is 232 Å². The van der Waals surface area contributed by atoms with Crippen molar-refractivity contribution in [3.05, 3.63) is 144 Å². The standard InChI is InChI=1S/C38H33N/c1-5-12-26(6-2)36-24-31(27-13-8-7-9-14-27)25-37(39-36)29-19-17-28(18-20-29)30-21-22-35-33(23-30)32-15-10-11-16-34(32)38(35,3)4/h5-25H,1-4H3/b12-5-,26-6+. The summed E-state index contributed by atoms with van der Waals surface area (Å²) in [6, 6.07) is 39.5. The van der Waals surface area contributed by atoms with Gasteiger partial charge in [0.05, 0.1) is 11.4 Å². The number of aromatic nitrogens is 1. The highest BCUT2D eigenvalue weighted by Gasteiger charge is 2.35. The first kappa shape index (κ1) is 24.8. The fourth-order valence-corrected chi connectivity index (χ4v) is 5.87. The number of nitrogens with zero attached hydrogens (tertiary/aromatic N) is 1. The van der Waals surface area contributed by atoms with Gasteiger partial charge in [-0.15, -0.1) is 0 Å². The fourth-order valence-electron chi connectivity index (χ4n) is 5.87. The van der Waals surface area contributed by atoms with E-state index in [1.165, 1.54) is 44.5 Å². The Balaban J connectivity index is 1.40. The molecule has 0 fully saturated rings. The van der Waals surface area contributed by atoms with Gasteiger partial charge in [-0.2, -0.15) is 0 Å². The van der Waals surface area contributed by atoms with Gasteiger partial charge in [-0.05, 0) is 82.1 Å². The summed E-state index contributed by atoms with van der Waals surface area (Å²) >= 11 is 0. The van der Waals surface area contributed by atoms with Gasteiger partial charge in [0.1, 0.15) is 0 Å². The van der Waals surface area contributed by atoms with Crippen molar-refractivity contribution < 1.29 is 0 Å². The Hall–Kier alpha value is -4.49. The van der Waals surface area contributed by atoms with Crippen LogP contribution in [0.2, 0.25) is 0 Å². The van der Waals surface area contributed by atoms with E-state index < -0.39 is 0 Å². The fraction of sp³-hybridized carbons (Fsp3) is 0.132. The molecule has 0 radical (unpaired) electrons. The molecule has 0 amide bonds. The lowest BCUT2D eigenvalue weighted by atomic mass is 9.82. The van der Waals surface area contributed by atoms with Crippen molar-refractivity contribution in [2.45, 2.75) is 33.1 Å². The van der Waals surface area contributed by atoms with E-state index in [-0.39, 0.29) is 5.41 Å². The van der Waals surface area contributed by atoms with E-state index in [4.69, 9.17) is 4.98 Å². The molecule has 0 bridgehead atoms. The summed E-state index contributed by atoms with van der Waals surface area (Å²) in [7, 11) is 0. The summed E-state index contributed by atoms with van der Waals surface area (Å²) in [5.74, 6) is 0.